The average molecular weight is 244 g/mol. The van der Waals surface area contributed by atoms with E-state index in [1.54, 1.807) is 6.92 Å². The summed E-state index contributed by atoms with van der Waals surface area (Å²) < 4.78 is 0. The van der Waals surface area contributed by atoms with Gasteiger partial charge >= 0.3 is 12.0 Å². The molecule has 3 atom stereocenters. The lowest BCUT2D eigenvalue weighted by molar-refractivity contribution is -0.139. The zero-order valence-corrected chi connectivity index (χ0v) is 10.2. The molecule has 0 spiro atoms. The normalized spacial score (nSPS) is 25.7. The Balaban J connectivity index is 2.61. The Labute approximate surface area is 101 Å². The van der Waals surface area contributed by atoms with Crippen LogP contribution in [-0.4, -0.2) is 52.3 Å². The Kier molecular flexibility index (Phi) is 4.74. The van der Waals surface area contributed by atoms with Crippen LogP contribution in [0.3, 0.4) is 0 Å². The molecular formula is C11H20N2O4. The molecule has 0 aromatic rings. The van der Waals surface area contributed by atoms with Crippen molar-refractivity contribution in [1.29, 1.82) is 0 Å². The van der Waals surface area contributed by atoms with E-state index in [0.29, 0.717) is 13.0 Å². The third-order valence-corrected chi connectivity index (χ3v) is 3.33. The quantitative estimate of drug-likeness (QED) is 0.661. The van der Waals surface area contributed by atoms with E-state index in [2.05, 4.69) is 5.32 Å². The molecule has 2 unspecified atom stereocenters. The molecule has 0 saturated carbocycles. The fraction of sp³-hybridized carbons (Fsp3) is 0.818. The van der Waals surface area contributed by atoms with Crippen LogP contribution in [0.5, 0.6) is 0 Å². The summed E-state index contributed by atoms with van der Waals surface area (Å²) in [4.78, 5) is 24.2. The monoisotopic (exact) mass is 244 g/mol. The van der Waals surface area contributed by atoms with Crippen LogP contribution in [0.4, 0.5) is 4.79 Å². The number of urea groups is 1. The van der Waals surface area contributed by atoms with Crippen LogP contribution in [0.25, 0.3) is 0 Å². The van der Waals surface area contributed by atoms with Crippen molar-refractivity contribution in [2.45, 2.75) is 38.8 Å². The highest BCUT2D eigenvalue weighted by molar-refractivity contribution is 5.82. The summed E-state index contributed by atoms with van der Waals surface area (Å²) in [5.74, 6) is -0.788. The Hall–Kier alpha value is -1.30. The van der Waals surface area contributed by atoms with E-state index >= 15 is 0 Å². The van der Waals surface area contributed by atoms with E-state index in [-0.39, 0.29) is 18.6 Å². The van der Waals surface area contributed by atoms with Crippen LogP contribution >= 0.6 is 0 Å². The van der Waals surface area contributed by atoms with Gasteiger partial charge in [-0.15, -0.1) is 0 Å². The van der Waals surface area contributed by atoms with Crippen LogP contribution in [-0.2, 0) is 4.79 Å². The summed E-state index contributed by atoms with van der Waals surface area (Å²) in [6.07, 6.45) is 1.18. The molecule has 17 heavy (non-hydrogen) atoms. The number of hydrogen-bond acceptors (Lipinski definition) is 3. The number of hydrogen-bond donors (Lipinski definition) is 3. The Morgan fingerprint density at radius 2 is 2.18 bits per heavy atom. The Morgan fingerprint density at radius 3 is 2.65 bits per heavy atom. The number of carbonyl (C=O) groups is 2. The van der Waals surface area contributed by atoms with E-state index in [9.17, 15) is 14.7 Å². The largest absolute Gasteiger partial charge is 0.480 e. The second-order valence-electron chi connectivity index (χ2n) is 4.46. The summed E-state index contributed by atoms with van der Waals surface area (Å²) in [5.41, 5.74) is 0. The zero-order valence-electron chi connectivity index (χ0n) is 10.2. The molecule has 1 aliphatic heterocycles. The number of aliphatic hydroxyl groups excluding tert-OH is 1. The number of nitrogens with one attached hydrogen (secondary N) is 1. The number of carboxylic acid groups (broad SMARTS) is 1. The molecule has 0 aliphatic carbocycles. The molecular weight excluding hydrogens is 224 g/mol. The molecule has 0 aromatic carbocycles. The van der Waals surface area contributed by atoms with Crippen molar-refractivity contribution < 1.29 is 19.8 Å². The smallest absolute Gasteiger partial charge is 0.326 e. The second kappa shape index (κ2) is 5.86. The summed E-state index contributed by atoms with van der Waals surface area (Å²) >= 11 is 0. The first-order valence-corrected chi connectivity index (χ1v) is 5.92. The Morgan fingerprint density at radius 1 is 1.53 bits per heavy atom. The highest BCUT2D eigenvalue weighted by atomic mass is 16.4. The van der Waals surface area contributed by atoms with Crippen molar-refractivity contribution >= 4 is 12.0 Å². The zero-order chi connectivity index (χ0) is 13.0. The van der Waals surface area contributed by atoms with Gasteiger partial charge < -0.3 is 20.4 Å². The molecule has 1 rings (SSSR count). The summed E-state index contributed by atoms with van der Waals surface area (Å²) in [6.45, 7) is 4.16. The second-order valence-corrected chi connectivity index (χ2v) is 4.46. The van der Waals surface area contributed by atoms with E-state index in [4.69, 9.17) is 5.11 Å². The molecule has 6 nitrogen and oxygen atoms in total. The van der Waals surface area contributed by atoms with Gasteiger partial charge in [0.1, 0.15) is 6.04 Å². The molecule has 6 heteroatoms. The standard InChI is InChI=1S/C11H20N2O4/c1-3-8(10(15)16)12-11(17)13-5-4-7(2)9(13)6-14/h7-9,14H,3-6H2,1-2H3,(H,12,17)(H,15,16)/t7?,8-,9?/m1/s1. The molecule has 1 heterocycles. The highest BCUT2D eigenvalue weighted by Crippen LogP contribution is 2.23. The number of likely N-dealkylation sites (tertiary alicyclic amines) is 1. The molecule has 0 bridgehead atoms. The number of rotatable bonds is 4. The fourth-order valence-electron chi connectivity index (χ4n) is 2.11. The Bertz CT molecular complexity index is 295. The lowest BCUT2D eigenvalue weighted by Gasteiger charge is -2.26. The number of carbonyl (C=O) groups excluding carboxylic acids is 1. The SMILES string of the molecule is CC[C@@H](NC(=O)N1CCC(C)C1CO)C(=O)O. The van der Waals surface area contributed by atoms with E-state index in [1.165, 1.54) is 4.90 Å². The van der Waals surface area contributed by atoms with Gasteiger partial charge in [-0.25, -0.2) is 9.59 Å². The van der Waals surface area contributed by atoms with E-state index in [0.717, 1.165) is 6.42 Å². The van der Waals surface area contributed by atoms with Gasteiger partial charge in [-0.3, -0.25) is 0 Å². The molecule has 0 aromatic heterocycles. The van der Waals surface area contributed by atoms with Crippen LogP contribution in [0, 0.1) is 5.92 Å². The van der Waals surface area contributed by atoms with Gasteiger partial charge in [0.05, 0.1) is 12.6 Å². The van der Waals surface area contributed by atoms with Gasteiger partial charge in [0, 0.05) is 6.54 Å². The predicted octanol–water partition coefficient (Wildman–Crippen LogP) is 0.262. The number of aliphatic carboxylic acids is 1. The van der Waals surface area contributed by atoms with Gasteiger partial charge in [0.25, 0.3) is 0 Å². The third-order valence-electron chi connectivity index (χ3n) is 3.33. The first kappa shape index (κ1) is 13.8. The number of aliphatic hydroxyl groups is 1. The van der Waals surface area contributed by atoms with Crippen molar-refractivity contribution in [3.63, 3.8) is 0 Å². The molecule has 3 N–H and O–H groups in total. The minimum atomic E-state index is -1.03. The topological polar surface area (TPSA) is 89.9 Å². The molecule has 1 aliphatic rings. The molecule has 1 saturated heterocycles. The highest BCUT2D eigenvalue weighted by Gasteiger charge is 2.35. The predicted molar refractivity (Wildman–Crippen MR) is 61.6 cm³/mol. The van der Waals surface area contributed by atoms with Crippen molar-refractivity contribution in [2.24, 2.45) is 5.92 Å². The van der Waals surface area contributed by atoms with Gasteiger partial charge in [-0.1, -0.05) is 13.8 Å². The van der Waals surface area contributed by atoms with E-state index in [1.807, 2.05) is 6.92 Å². The van der Waals surface area contributed by atoms with Gasteiger partial charge in [0.15, 0.2) is 0 Å². The van der Waals surface area contributed by atoms with Crippen LogP contribution in [0.2, 0.25) is 0 Å². The van der Waals surface area contributed by atoms with Crippen molar-refractivity contribution in [3.05, 3.63) is 0 Å². The number of carboxylic acids is 1. The first-order valence-electron chi connectivity index (χ1n) is 5.92. The lowest BCUT2D eigenvalue weighted by atomic mass is 10.0. The van der Waals surface area contributed by atoms with Gasteiger partial charge in [-0.2, -0.15) is 0 Å². The summed E-state index contributed by atoms with van der Waals surface area (Å²) in [5, 5.41) is 20.5. The van der Waals surface area contributed by atoms with Gasteiger partial charge in [-0.05, 0) is 18.8 Å². The minimum absolute atomic E-state index is 0.0849. The van der Waals surface area contributed by atoms with E-state index < -0.39 is 18.0 Å². The maximum atomic E-state index is 11.9. The molecule has 98 valence electrons. The van der Waals surface area contributed by atoms with Crippen molar-refractivity contribution in [3.8, 4) is 0 Å². The third kappa shape index (κ3) is 3.09. The van der Waals surface area contributed by atoms with Crippen molar-refractivity contribution in [2.75, 3.05) is 13.2 Å². The lowest BCUT2D eigenvalue weighted by Crippen LogP contribution is -2.50. The van der Waals surface area contributed by atoms with Crippen LogP contribution in [0.15, 0.2) is 0 Å². The maximum Gasteiger partial charge on any atom is 0.326 e. The molecule has 1 fully saturated rings. The molecule has 0 radical (unpaired) electrons. The maximum absolute atomic E-state index is 11.9. The van der Waals surface area contributed by atoms with Crippen LogP contribution in [0.1, 0.15) is 26.7 Å². The summed E-state index contributed by atoms with van der Waals surface area (Å²) in [6, 6.07) is -1.47. The van der Waals surface area contributed by atoms with Crippen molar-refractivity contribution in [1.82, 2.24) is 10.2 Å². The summed E-state index contributed by atoms with van der Waals surface area (Å²) in [7, 11) is 0. The number of amides is 2. The minimum Gasteiger partial charge on any atom is -0.480 e. The first-order chi connectivity index (χ1) is 8.01. The van der Waals surface area contributed by atoms with Gasteiger partial charge in [0.2, 0.25) is 0 Å². The average Bonchev–Trinajstić information content (AvgIpc) is 2.66. The van der Waals surface area contributed by atoms with Crippen LogP contribution < -0.4 is 5.32 Å². The molecule has 2 amide bonds. The number of nitrogens with zero attached hydrogens (tertiary/aromatic N) is 1. The fourth-order valence-corrected chi connectivity index (χ4v) is 2.11.